The number of aromatic hydroxyl groups is 1. The Morgan fingerprint density at radius 1 is 0.897 bits per heavy atom. The van der Waals surface area contributed by atoms with Crippen molar-refractivity contribution < 1.29 is 29.4 Å². The topological polar surface area (TPSA) is 118 Å². The first kappa shape index (κ1) is 27.1. The fraction of sp³-hybridized carbons (Fsp3) is 0.167. The number of rotatable bonds is 8. The Kier molecular flexibility index (Phi) is 7.63. The molecule has 4 N–H and O–H groups in total. The van der Waals surface area contributed by atoms with Gasteiger partial charge in [-0.05, 0) is 65.9 Å². The van der Waals surface area contributed by atoms with Crippen LogP contribution in [0.4, 0.5) is 5.69 Å². The molecule has 0 aromatic heterocycles. The van der Waals surface area contributed by atoms with Gasteiger partial charge >= 0.3 is 7.60 Å². The number of aliphatic hydroxyl groups is 1. The first-order chi connectivity index (χ1) is 18.6. The molecular formula is C30H27ClNO6P. The van der Waals surface area contributed by atoms with Gasteiger partial charge in [0.1, 0.15) is 5.75 Å². The number of phenols is 1. The molecule has 4 aromatic rings. The summed E-state index contributed by atoms with van der Waals surface area (Å²) in [6.07, 6.45) is -0.101. The minimum absolute atomic E-state index is 0.0909. The van der Waals surface area contributed by atoms with E-state index >= 15 is 0 Å². The molecule has 1 amide bonds. The van der Waals surface area contributed by atoms with Crippen LogP contribution in [0.5, 0.6) is 5.75 Å². The van der Waals surface area contributed by atoms with Crippen molar-refractivity contribution in [1.29, 1.82) is 0 Å². The van der Waals surface area contributed by atoms with E-state index in [1.54, 1.807) is 59.5 Å². The van der Waals surface area contributed by atoms with Crippen molar-refractivity contribution in [3.8, 4) is 16.9 Å². The predicted molar refractivity (Wildman–Crippen MR) is 151 cm³/mol. The molecule has 9 heteroatoms. The molecule has 0 unspecified atom stereocenters. The molecule has 7 nitrogen and oxygen atoms in total. The maximum Gasteiger partial charge on any atom is 0.356 e. The second-order valence-corrected chi connectivity index (χ2v) is 11.6. The number of anilines is 1. The van der Waals surface area contributed by atoms with E-state index in [1.807, 2.05) is 30.3 Å². The van der Waals surface area contributed by atoms with E-state index in [-0.39, 0.29) is 17.0 Å². The van der Waals surface area contributed by atoms with E-state index in [9.17, 15) is 29.4 Å². The fourth-order valence-corrected chi connectivity index (χ4v) is 6.21. The number of nitrogens with zero attached hydrogens (tertiary/aromatic N) is 1. The van der Waals surface area contributed by atoms with Crippen molar-refractivity contribution in [3.63, 3.8) is 0 Å². The summed E-state index contributed by atoms with van der Waals surface area (Å²) < 4.78 is 12.0. The first-order valence-corrected chi connectivity index (χ1v) is 14.4. The largest absolute Gasteiger partial charge is 0.508 e. The summed E-state index contributed by atoms with van der Waals surface area (Å²) in [6, 6.07) is 26.7. The van der Waals surface area contributed by atoms with Gasteiger partial charge in [-0.3, -0.25) is 9.36 Å². The number of halogens is 1. The van der Waals surface area contributed by atoms with Crippen LogP contribution < -0.4 is 10.2 Å². The number of aliphatic hydroxyl groups excluding tert-OH is 1. The molecule has 0 spiro atoms. The highest BCUT2D eigenvalue weighted by atomic mass is 35.5. The van der Waals surface area contributed by atoms with Crippen LogP contribution in [0, 0.1) is 5.92 Å². The van der Waals surface area contributed by atoms with Crippen molar-refractivity contribution in [3.05, 3.63) is 113 Å². The molecule has 39 heavy (non-hydrogen) atoms. The third-order valence-corrected chi connectivity index (χ3v) is 8.36. The number of phenolic OH excluding ortho intramolecular Hbond substituents is 1. The molecule has 200 valence electrons. The second-order valence-electron chi connectivity index (χ2n) is 9.58. The lowest BCUT2D eigenvalue weighted by atomic mass is 9.77. The summed E-state index contributed by atoms with van der Waals surface area (Å²) >= 11 is 6.07. The minimum Gasteiger partial charge on any atom is -0.508 e. The fourth-order valence-electron chi connectivity index (χ4n) is 5.21. The number of β-lactam (4-membered cyclic amide) rings is 1. The summed E-state index contributed by atoms with van der Waals surface area (Å²) in [6.45, 7) is 0. The molecule has 0 bridgehead atoms. The van der Waals surface area contributed by atoms with E-state index < -0.39 is 25.7 Å². The van der Waals surface area contributed by atoms with E-state index in [2.05, 4.69) is 0 Å². The Morgan fingerprint density at radius 2 is 1.62 bits per heavy atom. The Bertz CT molecular complexity index is 1560. The third kappa shape index (κ3) is 5.50. The number of hydrogen-bond acceptors (Lipinski definition) is 4. The summed E-state index contributed by atoms with van der Waals surface area (Å²) in [5, 5.41) is 22.3. The molecule has 3 atom stereocenters. The summed E-state index contributed by atoms with van der Waals surface area (Å²) in [5.41, 5.74) is 2.63. The lowest BCUT2D eigenvalue weighted by Crippen LogP contribution is -2.55. The lowest BCUT2D eigenvalue weighted by molar-refractivity contribution is -0.131. The number of para-hydroxylation sites is 1. The van der Waals surface area contributed by atoms with Crippen LogP contribution in [0.3, 0.4) is 0 Å². The van der Waals surface area contributed by atoms with Crippen molar-refractivity contribution in [2.45, 2.75) is 25.0 Å². The molecule has 5 rings (SSSR count). The van der Waals surface area contributed by atoms with Gasteiger partial charge in [0.2, 0.25) is 5.91 Å². The maximum atomic E-state index is 13.4. The smallest absolute Gasteiger partial charge is 0.356 e. The van der Waals surface area contributed by atoms with Crippen LogP contribution >= 0.6 is 19.2 Å². The van der Waals surface area contributed by atoms with E-state index in [4.69, 9.17) is 11.6 Å². The molecule has 1 heterocycles. The van der Waals surface area contributed by atoms with Gasteiger partial charge in [-0.25, -0.2) is 0 Å². The highest BCUT2D eigenvalue weighted by Crippen LogP contribution is 2.49. The Hall–Kier alpha value is -3.45. The molecule has 1 aliphatic rings. The molecule has 1 fully saturated rings. The second kappa shape index (κ2) is 11.0. The molecule has 0 saturated carbocycles. The van der Waals surface area contributed by atoms with Crippen LogP contribution in [0.2, 0.25) is 5.02 Å². The average Bonchev–Trinajstić information content (AvgIpc) is 2.92. The molecular weight excluding hydrogens is 537 g/mol. The number of carbonyl (C=O) groups is 1. The van der Waals surface area contributed by atoms with Crippen LogP contribution in [0.25, 0.3) is 11.1 Å². The van der Waals surface area contributed by atoms with E-state index in [0.717, 1.165) is 0 Å². The van der Waals surface area contributed by atoms with Crippen molar-refractivity contribution >= 4 is 36.1 Å². The summed E-state index contributed by atoms with van der Waals surface area (Å²) in [4.78, 5) is 34.6. The zero-order chi connectivity index (χ0) is 27.7. The maximum absolute atomic E-state index is 13.4. The third-order valence-electron chi connectivity index (χ3n) is 7.11. The minimum atomic E-state index is -4.54. The summed E-state index contributed by atoms with van der Waals surface area (Å²) in [5.74, 6) is -0.690. The highest BCUT2D eigenvalue weighted by Gasteiger charge is 2.49. The van der Waals surface area contributed by atoms with Crippen LogP contribution in [0.15, 0.2) is 97.1 Å². The monoisotopic (exact) mass is 563 g/mol. The number of hydrogen-bond donors (Lipinski definition) is 4. The molecule has 0 aliphatic carbocycles. The van der Waals surface area contributed by atoms with Gasteiger partial charge in [-0.1, -0.05) is 72.3 Å². The van der Waals surface area contributed by atoms with Gasteiger partial charge in [0.25, 0.3) is 0 Å². The zero-order valence-corrected chi connectivity index (χ0v) is 22.4. The molecule has 1 saturated heterocycles. The molecule has 1 aliphatic heterocycles. The van der Waals surface area contributed by atoms with Gasteiger partial charge in [0.05, 0.1) is 23.4 Å². The van der Waals surface area contributed by atoms with Gasteiger partial charge < -0.3 is 24.9 Å². The normalized spacial score (nSPS) is 18.1. The van der Waals surface area contributed by atoms with Crippen molar-refractivity contribution in [2.24, 2.45) is 5.92 Å². The Morgan fingerprint density at radius 3 is 2.31 bits per heavy atom. The standard InChI is InChI=1S/C30H27ClNO6P/c31-21-8-6-7-20(17-21)26(33)16-15-25-29(32(30(25)35)22-9-2-1-3-10-22)24-14-13-19(18-27(24)34)23-11-4-5-12-28(23)39(36,37)38/h1-14,17-18,25-26,29,33-34H,15-16H2,(H2,36,37,38)/t25-,26+,29-/m1/s1. The number of amides is 1. The van der Waals surface area contributed by atoms with Gasteiger partial charge in [-0.15, -0.1) is 0 Å². The van der Waals surface area contributed by atoms with E-state index in [0.29, 0.717) is 45.8 Å². The number of carbonyl (C=O) groups excluding carboxylic acids is 1. The van der Waals surface area contributed by atoms with E-state index in [1.165, 1.54) is 12.1 Å². The average molecular weight is 564 g/mol. The summed E-state index contributed by atoms with van der Waals surface area (Å²) in [7, 11) is -4.54. The van der Waals surface area contributed by atoms with Crippen molar-refractivity contribution in [2.75, 3.05) is 4.90 Å². The Balaban J connectivity index is 1.47. The van der Waals surface area contributed by atoms with Crippen LogP contribution in [-0.4, -0.2) is 25.9 Å². The first-order valence-electron chi connectivity index (χ1n) is 12.4. The number of benzene rings is 4. The molecule has 0 radical (unpaired) electrons. The Labute approximate surface area is 231 Å². The van der Waals surface area contributed by atoms with Crippen LogP contribution in [0.1, 0.15) is 36.1 Å². The zero-order valence-electron chi connectivity index (χ0n) is 20.8. The highest BCUT2D eigenvalue weighted by molar-refractivity contribution is 7.60. The van der Waals surface area contributed by atoms with Gasteiger partial charge in [-0.2, -0.15) is 0 Å². The predicted octanol–water partition coefficient (Wildman–Crippen LogP) is 5.73. The molecule has 4 aromatic carbocycles. The SMILES string of the molecule is O=C1[C@H](CC[C@H](O)c2cccc(Cl)c2)[C@@H](c2ccc(-c3ccccc3P(=O)(O)O)cc2O)N1c1ccccc1. The lowest BCUT2D eigenvalue weighted by Gasteiger charge is -2.48. The van der Waals surface area contributed by atoms with Gasteiger partial charge in [0, 0.05) is 16.3 Å². The quantitative estimate of drug-likeness (QED) is 0.160. The van der Waals surface area contributed by atoms with Crippen molar-refractivity contribution in [1.82, 2.24) is 0 Å². The van der Waals surface area contributed by atoms with Crippen LogP contribution in [-0.2, 0) is 9.36 Å². The van der Waals surface area contributed by atoms with Gasteiger partial charge in [0.15, 0.2) is 0 Å².